The molecule has 0 aromatic heterocycles. The molecule has 1 amide bonds. The maximum atomic E-state index is 13.4. The van der Waals surface area contributed by atoms with Crippen LogP contribution in [0.1, 0.15) is 11.1 Å². The summed E-state index contributed by atoms with van der Waals surface area (Å²) in [6.45, 7) is -0.0163. The average Bonchev–Trinajstić information content (AvgIpc) is 2.80. The van der Waals surface area contributed by atoms with Crippen LogP contribution in [0.15, 0.2) is 82.2 Å². The van der Waals surface area contributed by atoms with Crippen LogP contribution in [0.25, 0.3) is 0 Å². The molecule has 174 valence electrons. The number of halogens is 2. The number of likely N-dealkylation sites (N-methyl/N-ethyl adjacent to an activating group) is 1. The molecule has 0 atom stereocenters. The SMILES string of the molecule is COc1ccc(CN(C)C(=O)CN(Cc2ccccc2Cl)S(=O)(=O)c2ccc(Br)cc2)cc1. The summed E-state index contributed by atoms with van der Waals surface area (Å²) in [7, 11) is -0.721. The predicted molar refractivity (Wildman–Crippen MR) is 133 cm³/mol. The Balaban J connectivity index is 1.84. The highest BCUT2D eigenvalue weighted by molar-refractivity contribution is 9.10. The van der Waals surface area contributed by atoms with Gasteiger partial charge >= 0.3 is 0 Å². The van der Waals surface area contributed by atoms with E-state index in [2.05, 4.69) is 15.9 Å². The topological polar surface area (TPSA) is 66.9 Å². The van der Waals surface area contributed by atoms with Crippen LogP contribution in [-0.2, 0) is 27.9 Å². The third kappa shape index (κ3) is 6.57. The van der Waals surface area contributed by atoms with E-state index in [-0.39, 0.29) is 23.9 Å². The van der Waals surface area contributed by atoms with Crippen molar-refractivity contribution in [1.29, 1.82) is 0 Å². The first-order valence-electron chi connectivity index (χ1n) is 10.1. The van der Waals surface area contributed by atoms with Gasteiger partial charge in [-0.05, 0) is 53.6 Å². The van der Waals surface area contributed by atoms with Gasteiger partial charge in [-0.2, -0.15) is 4.31 Å². The molecule has 0 bridgehead atoms. The molecule has 0 saturated heterocycles. The van der Waals surface area contributed by atoms with E-state index in [9.17, 15) is 13.2 Å². The Morgan fingerprint density at radius 1 is 0.970 bits per heavy atom. The highest BCUT2D eigenvalue weighted by atomic mass is 79.9. The van der Waals surface area contributed by atoms with Gasteiger partial charge in [0.05, 0.1) is 18.6 Å². The lowest BCUT2D eigenvalue weighted by Crippen LogP contribution is -2.41. The van der Waals surface area contributed by atoms with Crippen molar-refractivity contribution in [2.24, 2.45) is 0 Å². The highest BCUT2D eigenvalue weighted by Gasteiger charge is 2.28. The number of benzene rings is 3. The minimum Gasteiger partial charge on any atom is -0.497 e. The Morgan fingerprint density at radius 2 is 1.61 bits per heavy atom. The van der Waals surface area contributed by atoms with Crippen LogP contribution in [0.3, 0.4) is 0 Å². The van der Waals surface area contributed by atoms with Gasteiger partial charge in [0.2, 0.25) is 15.9 Å². The quantitative estimate of drug-likeness (QED) is 0.377. The molecule has 0 spiro atoms. The number of hydrogen-bond donors (Lipinski definition) is 0. The molecule has 3 aromatic rings. The van der Waals surface area contributed by atoms with E-state index in [1.54, 1.807) is 50.6 Å². The van der Waals surface area contributed by atoms with Gasteiger partial charge in [0.15, 0.2) is 0 Å². The molecule has 3 rings (SSSR count). The summed E-state index contributed by atoms with van der Waals surface area (Å²) in [6, 6.07) is 20.7. The Bertz CT molecular complexity index is 1200. The Labute approximate surface area is 207 Å². The van der Waals surface area contributed by atoms with Gasteiger partial charge in [-0.25, -0.2) is 8.42 Å². The van der Waals surface area contributed by atoms with Crippen molar-refractivity contribution in [3.05, 3.63) is 93.4 Å². The van der Waals surface area contributed by atoms with Crippen LogP contribution in [0.2, 0.25) is 5.02 Å². The third-order valence-corrected chi connectivity index (χ3v) is 7.78. The molecule has 9 heteroatoms. The fourth-order valence-electron chi connectivity index (χ4n) is 3.16. The lowest BCUT2D eigenvalue weighted by molar-refractivity contribution is -0.130. The molecule has 3 aromatic carbocycles. The maximum absolute atomic E-state index is 13.4. The molecule has 0 aliphatic rings. The van der Waals surface area contributed by atoms with Gasteiger partial charge in [0.1, 0.15) is 5.75 Å². The third-order valence-electron chi connectivity index (χ3n) is 5.07. The summed E-state index contributed by atoms with van der Waals surface area (Å²) in [5.74, 6) is 0.387. The van der Waals surface area contributed by atoms with Crippen LogP contribution >= 0.6 is 27.5 Å². The molecule has 0 unspecified atom stereocenters. The Hall–Kier alpha value is -2.39. The lowest BCUT2D eigenvalue weighted by Gasteiger charge is -2.25. The largest absolute Gasteiger partial charge is 0.497 e. The number of hydrogen-bond acceptors (Lipinski definition) is 4. The first-order chi connectivity index (χ1) is 15.7. The number of amides is 1. The molecule has 0 aliphatic heterocycles. The molecule has 6 nitrogen and oxygen atoms in total. The minimum atomic E-state index is -3.95. The fourth-order valence-corrected chi connectivity index (χ4v) is 4.99. The molecule has 0 aliphatic carbocycles. The van der Waals surface area contributed by atoms with Crippen molar-refractivity contribution >= 4 is 43.5 Å². The minimum absolute atomic E-state index is 0.0276. The van der Waals surface area contributed by atoms with E-state index in [0.29, 0.717) is 17.1 Å². The van der Waals surface area contributed by atoms with Gasteiger partial charge in [0.25, 0.3) is 0 Å². The molecule has 0 fully saturated rings. The molecular weight excluding hydrogens is 528 g/mol. The van der Waals surface area contributed by atoms with Gasteiger partial charge in [0, 0.05) is 29.6 Å². The smallest absolute Gasteiger partial charge is 0.243 e. The van der Waals surface area contributed by atoms with E-state index in [4.69, 9.17) is 16.3 Å². The highest BCUT2D eigenvalue weighted by Crippen LogP contribution is 2.24. The Kier molecular flexibility index (Phi) is 8.53. The lowest BCUT2D eigenvalue weighted by atomic mass is 10.2. The van der Waals surface area contributed by atoms with E-state index < -0.39 is 10.0 Å². The van der Waals surface area contributed by atoms with Crippen LogP contribution in [0, 0.1) is 0 Å². The van der Waals surface area contributed by atoms with Gasteiger partial charge in [-0.15, -0.1) is 0 Å². The van der Waals surface area contributed by atoms with E-state index in [0.717, 1.165) is 20.1 Å². The molecular formula is C24H24BrClN2O4S. The number of carbonyl (C=O) groups is 1. The monoisotopic (exact) mass is 550 g/mol. The number of ether oxygens (including phenoxy) is 1. The fraction of sp³-hybridized carbons (Fsp3) is 0.208. The summed E-state index contributed by atoms with van der Waals surface area (Å²) in [5, 5.41) is 0.438. The molecule has 0 N–H and O–H groups in total. The first-order valence-corrected chi connectivity index (χ1v) is 12.7. The normalized spacial score (nSPS) is 11.4. The van der Waals surface area contributed by atoms with E-state index in [1.807, 2.05) is 24.3 Å². The van der Waals surface area contributed by atoms with Crippen molar-refractivity contribution < 1.29 is 17.9 Å². The standard InChI is InChI=1S/C24H24BrClN2O4S/c1-27(15-18-7-11-21(32-2)12-8-18)24(29)17-28(16-19-5-3-4-6-23(19)26)33(30,31)22-13-9-20(25)10-14-22/h3-14H,15-17H2,1-2H3. The number of rotatable bonds is 9. The summed E-state index contributed by atoms with van der Waals surface area (Å²) in [5.41, 5.74) is 1.52. The van der Waals surface area contributed by atoms with Crippen molar-refractivity contribution in [3.63, 3.8) is 0 Å². The Morgan fingerprint density at radius 3 is 2.21 bits per heavy atom. The van der Waals surface area contributed by atoms with Crippen molar-refractivity contribution in [2.75, 3.05) is 20.7 Å². The number of sulfonamides is 1. The molecule has 0 heterocycles. The molecule has 0 saturated carbocycles. The van der Waals surface area contributed by atoms with Crippen LogP contribution in [0.4, 0.5) is 0 Å². The van der Waals surface area contributed by atoms with Crippen LogP contribution < -0.4 is 4.74 Å². The summed E-state index contributed by atoms with van der Waals surface area (Å²) in [6.07, 6.45) is 0. The number of carbonyl (C=O) groups excluding carboxylic acids is 1. The summed E-state index contributed by atoms with van der Waals surface area (Å²) in [4.78, 5) is 14.6. The molecule has 33 heavy (non-hydrogen) atoms. The van der Waals surface area contributed by atoms with Crippen LogP contribution in [0.5, 0.6) is 5.75 Å². The zero-order valence-corrected chi connectivity index (χ0v) is 21.4. The first kappa shape index (κ1) is 25.2. The second-order valence-corrected chi connectivity index (χ2v) is 10.7. The van der Waals surface area contributed by atoms with Crippen molar-refractivity contribution in [3.8, 4) is 5.75 Å². The second kappa shape index (κ2) is 11.2. The summed E-state index contributed by atoms with van der Waals surface area (Å²) >= 11 is 9.60. The zero-order valence-electron chi connectivity index (χ0n) is 18.2. The maximum Gasteiger partial charge on any atom is 0.243 e. The van der Waals surface area contributed by atoms with Crippen molar-refractivity contribution in [2.45, 2.75) is 18.0 Å². The van der Waals surface area contributed by atoms with Crippen molar-refractivity contribution in [1.82, 2.24) is 9.21 Å². The van der Waals surface area contributed by atoms with Crippen LogP contribution in [-0.4, -0.2) is 44.2 Å². The van der Waals surface area contributed by atoms with Gasteiger partial charge in [-0.1, -0.05) is 57.9 Å². The predicted octanol–water partition coefficient (Wildman–Crippen LogP) is 4.96. The number of nitrogens with zero attached hydrogens (tertiary/aromatic N) is 2. The van der Waals surface area contributed by atoms with Gasteiger partial charge < -0.3 is 9.64 Å². The average molecular weight is 552 g/mol. The second-order valence-electron chi connectivity index (χ2n) is 7.42. The summed E-state index contributed by atoms with van der Waals surface area (Å²) < 4.78 is 33.9. The van der Waals surface area contributed by atoms with E-state index in [1.165, 1.54) is 17.0 Å². The molecule has 0 radical (unpaired) electrons. The van der Waals surface area contributed by atoms with Gasteiger partial charge in [-0.3, -0.25) is 4.79 Å². The number of methoxy groups -OCH3 is 1. The van der Waals surface area contributed by atoms with E-state index >= 15 is 0 Å². The zero-order chi connectivity index (χ0) is 24.0.